The maximum atomic E-state index is 12.7. The molecule has 4 rings (SSSR count). The summed E-state index contributed by atoms with van der Waals surface area (Å²) in [4.78, 5) is 19.1. The number of fused-ring (bicyclic) bond motifs is 1. The molecule has 0 aliphatic carbocycles. The van der Waals surface area contributed by atoms with Gasteiger partial charge in [-0.2, -0.15) is 5.10 Å². The van der Waals surface area contributed by atoms with Crippen LogP contribution in [0.4, 0.5) is 0 Å². The number of imidazole rings is 1. The van der Waals surface area contributed by atoms with Crippen LogP contribution in [0.5, 0.6) is 0 Å². The number of H-pyrrole nitrogens is 1. The molecule has 0 bridgehead atoms. The number of hydrogen-bond donors (Lipinski definition) is 1. The summed E-state index contributed by atoms with van der Waals surface area (Å²) in [6.45, 7) is 4.27. The number of benzene rings is 1. The van der Waals surface area contributed by atoms with Crippen molar-refractivity contribution < 1.29 is 4.79 Å². The van der Waals surface area contributed by atoms with E-state index in [0.29, 0.717) is 13.0 Å². The Hall–Kier alpha value is -2.89. The maximum absolute atomic E-state index is 12.7. The third-order valence-corrected chi connectivity index (χ3v) is 5.30. The average Bonchev–Trinajstić information content (AvgIpc) is 3.28. The Morgan fingerprint density at radius 1 is 1.19 bits per heavy atom. The van der Waals surface area contributed by atoms with Crippen molar-refractivity contribution in [2.45, 2.75) is 39.2 Å². The van der Waals surface area contributed by atoms with E-state index >= 15 is 0 Å². The molecule has 6 heteroatoms. The Kier molecular flexibility index (Phi) is 5.05. The van der Waals surface area contributed by atoms with Crippen LogP contribution in [-0.2, 0) is 30.6 Å². The predicted octanol–water partition coefficient (Wildman–Crippen LogP) is 2.85. The second kappa shape index (κ2) is 7.78. The molecule has 1 aromatic carbocycles. The molecular formula is C21H25N5O. The fourth-order valence-corrected chi connectivity index (χ4v) is 3.80. The molecule has 3 aromatic rings. The van der Waals surface area contributed by atoms with E-state index in [-0.39, 0.29) is 5.91 Å². The monoisotopic (exact) mass is 363 g/mol. The van der Waals surface area contributed by atoms with Gasteiger partial charge in [0.05, 0.1) is 5.69 Å². The third-order valence-electron chi connectivity index (χ3n) is 5.30. The normalized spacial score (nSPS) is 14.0. The molecule has 0 unspecified atom stereocenters. The molecule has 0 atom stereocenters. The van der Waals surface area contributed by atoms with Gasteiger partial charge in [0.25, 0.3) is 0 Å². The van der Waals surface area contributed by atoms with Gasteiger partial charge in [-0.05, 0) is 6.42 Å². The second-order valence-electron chi connectivity index (χ2n) is 6.92. The van der Waals surface area contributed by atoms with E-state index in [1.165, 1.54) is 5.56 Å². The van der Waals surface area contributed by atoms with Crippen molar-refractivity contribution in [2.24, 2.45) is 0 Å². The molecule has 1 amide bonds. The highest BCUT2D eigenvalue weighted by molar-refractivity contribution is 5.76. The second-order valence-corrected chi connectivity index (χ2v) is 6.92. The zero-order valence-electron chi connectivity index (χ0n) is 15.7. The van der Waals surface area contributed by atoms with E-state index in [0.717, 1.165) is 55.1 Å². The Balaban J connectivity index is 1.41. The summed E-state index contributed by atoms with van der Waals surface area (Å²) >= 11 is 0. The fourth-order valence-electron chi connectivity index (χ4n) is 3.80. The predicted molar refractivity (Wildman–Crippen MR) is 104 cm³/mol. The first-order chi connectivity index (χ1) is 13.3. The molecule has 2 aromatic heterocycles. The molecule has 1 aliphatic rings. The molecular weight excluding hydrogens is 338 g/mol. The molecule has 0 spiro atoms. The van der Waals surface area contributed by atoms with Gasteiger partial charge in [0.1, 0.15) is 5.82 Å². The summed E-state index contributed by atoms with van der Waals surface area (Å²) < 4.78 is 2.08. The van der Waals surface area contributed by atoms with Crippen molar-refractivity contribution in [3.63, 3.8) is 0 Å². The van der Waals surface area contributed by atoms with Gasteiger partial charge in [0.2, 0.25) is 5.91 Å². The van der Waals surface area contributed by atoms with E-state index in [1.807, 2.05) is 29.3 Å². The van der Waals surface area contributed by atoms with Crippen LogP contribution in [0.1, 0.15) is 30.4 Å². The summed E-state index contributed by atoms with van der Waals surface area (Å²) in [5.74, 6) is 1.25. The highest BCUT2D eigenvalue weighted by Gasteiger charge is 2.22. The van der Waals surface area contributed by atoms with Gasteiger partial charge in [-0.3, -0.25) is 9.89 Å². The number of carbonyl (C=O) groups excluding carboxylic acids is 1. The minimum absolute atomic E-state index is 0.213. The number of aromatic amines is 1. The van der Waals surface area contributed by atoms with Gasteiger partial charge < -0.3 is 9.47 Å². The van der Waals surface area contributed by atoms with Crippen LogP contribution >= 0.6 is 0 Å². The first kappa shape index (κ1) is 17.5. The lowest BCUT2D eigenvalue weighted by Crippen LogP contribution is -2.34. The highest BCUT2D eigenvalue weighted by atomic mass is 16.2. The first-order valence-corrected chi connectivity index (χ1v) is 9.65. The Bertz CT molecular complexity index is 912. The first-order valence-electron chi connectivity index (χ1n) is 9.65. The SMILES string of the molecule is CCc1nccn1CCC(=O)N1CCc2[nH]nc(-c3ccccc3)c2CC1. The maximum Gasteiger partial charge on any atom is 0.224 e. The quantitative estimate of drug-likeness (QED) is 0.758. The van der Waals surface area contributed by atoms with Crippen LogP contribution in [0.15, 0.2) is 42.7 Å². The van der Waals surface area contributed by atoms with Crippen LogP contribution in [0.25, 0.3) is 11.3 Å². The number of amides is 1. The van der Waals surface area contributed by atoms with Gasteiger partial charge in [0.15, 0.2) is 0 Å². The lowest BCUT2D eigenvalue weighted by atomic mass is 10.0. The zero-order valence-corrected chi connectivity index (χ0v) is 15.7. The molecule has 6 nitrogen and oxygen atoms in total. The molecule has 0 radical (unpaired) electrons. The number of hydrogen-bond acceptors (Lipinski definition) is 3. The molecule has 27 heavy (non-hydrogen) atoms. The van der Waals surface area contributed by atoms with E-state index in [4.69, 9.17) is 0 Å². The summed E-state index contributed by atoms with van der Waals surface area (Å²) in [5.41, 5.74) is 4.55. The number of rotatable bonds is 5. The van der Waals surface area contributed by atoms with E-state index in [9.17, 15) is 4.79 Å². The van der Waals surface area contributed by atoms with Crippen molar-refractivity contribution in [2.75, 3.05) is 13.1 Å². The van der Waals surface area contributed by atoms with Gasteiger partial charge in [-0.15, -0.1) is 0 Å². The Morgan fingerprint density at radius 3 is 2.81 bits per heavy atom. The van der Waals surface area contributed by atoms with Crippen LogP contribution in [0.2, 0.25) is 0 Å². The van der Waals surface area contributed by atoms with E-state index in [2.05, 4.69) is 38.8 Å². The summed E-state index contributed by atoms with van der Waals surface area (Å²) in [6, 6.07) is 10.2. The molecule has 0 fully saturated rings. The number of nitrogens with one attached hydrogen (secondary N) is 1. The van der Waals surface area contributed by atoms with Gasteiger partial charge >= 0.3 is 0 Å². The molecule has 1 aliphatic heterocycles. The largest absolute Gasteiger partial charge is 0.342 e. The topological polar surface area (TPSA) is 66.8 Å². The van der Waals surface area contributed by atoms with Crippen LogP contribution in [-0.4, -0.2) is 43.6 Å². The van der Waals surface area contributed by atoms with Gasteiger partial charge in [-0.1, -0.05) is 37.3 Å². The van der Waals surface area contributed by atoms with Crippen molar-refractivity contribution in [3.8, 4) is 11.3 Å². The number of carbonyl (C=O) groups is 1. The Labute approximate surface area is 159 Å². The van der Waals surface area contributed by atoms with Crippen LogP contribution < -0.4 is 0 Å². The lowest BCUT2D eigenvalue weighted by molar-refractivity contribution is -0.131. The van der Waals surface area contributed by atoms with Gasteiger partial charge in [-0.25, -0.2) is 4.98 Å². The summed E-state index contributed by atoms with van der Waals surface area (Å²) in [6.07, 6.45) is 6.83. The van der Waals surface area contributed by atoms with Gasteiger partial charge in [0, 0.05) is 68.1 Å². The van der Waals surface area contributed by atoms with Crippen LogP contribution in [0.3, 0.4) is 0 Å². The summed E-state index contributed by atoms with van der Waals surface area (Å²) in [5, 5.41) is 7.72. The van der Waals surface area contributed by atoms with Crippen molar-refractivity contribution >= 4 is 5.91 Å². The number of aryl methyl sites for hydroxylation is 2. The minimum Gasteiger partial charge on any atom is -0.342 e. The molecule has 0 saturated carbocycles. The number of nitrogens with zero attached hydrogens (tertiary/aromatic N) is 4. The van der Waals surface area contributed by atoms with E-state index < -0.39 is 0 Å². The highest BCUT2D eigenvalue weighted by Crippen LogP contribution is 2.26. The number of aromatic nitrogens is 4. The van der Waals surface area contributed by atoms with E-state index in [1.54, 1.807) is 6.20 Å². The van der Waals surface area contributed by atoms with Crippen molar-refractivity contribution in [3.05, 3.63) is 59.8 Å². The zero-order chi connectivity index (χ0) is 18.6. The standard InChI is InChI=1S/C21H25N5O/c1-2-19-22-11-15-25(19)14-10-20(27)26-12-8-17-18(9-13-26)23-24-21(17)16-6-4-3-5-7-16/h3-7,11,15H,2,8-10,12-14H2,1H3,(H,23,24). The van der Waals surface area contributed by atoms with Crippen molar-refractivity contribution in [1.82, 2.24) is 24.6 Å². The van der Waals surface area contributed by atoms with Crippen molar-refractivity contribution in [1.29, 1.82) is 0 Å². The molecule has 1 N–H and O–H groups in total. The smallest absolute Gasteiger partial charge is 0.224 e. The van der Waals surface area contributed by atoms with Crippen LogP contribution in [0, 0.1) is 0 Å². The fraction of sp³-hybridized carbons (Fsp3) is 0.381. The molecule has 140 valence electrons. The average molecular weight is 363 g/mol. The molecule has 0 saturated heterocycles. The molecule has 3 heterocycles. The lowest BCUT2D eigenvalue weighted by Gasteiger charge is -2.20. The Morgan fingerprint density at radius 2 is 2.00 bits per heavy atom. The minimum atomic E-state index is 0.213. The third kappa shape index (κ3) is 3.65. The summed E-state index contributed by atoms with van der Waals surface area (Å²) in [7, 11) is 0.